The van der Waals surface area contributed by atoms with Crippen molar-refractivity contribution in [3.05, 3.63) is 0 Å². The number of carbonyl (C=O) groups is 1. The summed E-state index contributed by atoms with van der Waals surface area (Å²) in [4.78, 5) is 15.2. The molecule has 0 radical (unpaired) electrons. The van der Waals surface area contributed by atoms with Gasteiger partial charge in [-0.15, -0.1) is 0 Å². The lowest BCUT2D eigenvalue weighted by Gasteiger charge is -2.38. The fraction of sp³-hybridized carbons (Fsp3) is 0.917. The van der Waals surface area contributed by atoms with Crippen LogP contribution in [0.5, 0.6) is 0 Å². The van der Waals surface area contributed by atoms with Crippen molar-refractivity contribution < 1.29 is 22.7 Å². The summed E-state index contributed by atoms with van der Waals surface area (Å²) in [5.74, 6) is -0.174. The van der Waals surface area contributed by atoms with E-state index >= 15 is 0 Å². The van der Waals surface area contributed by atoms with E-state index < -0.39 is 18.8 Å². The first-order valence-electron chi connectivity index (χ1n) is 6.65. The van der Waals surface area contributed by atoms with Crippen LogP contribution in [0.25, 0.3) is 0 Å². The molecule has 0 aromatic heterocycles. The first-order chi connectivity index (χ1) is 8.97. The van der Waals surface area contributed by atoms with E-state index in [1.807, 2.05) is 0 Å². The van der Waals surface area contributed by atoms with Gasteiger partial charge in [0.25, 0.3) is 0 Å². The highest BCUT2D eigenvalue weighted by molar-refractivity contribution is 5.82. The van der Waals surface area contributed by atoms with Gasteiger partial charge in [-0.2, -0.15) is 13.2 Å². The van der Waals surface area contributed by atoms with E-state index in [0.717, 1.165) is 12.8 Å². The van der Waals surface area contributed by atoms with Gasteiger partial charge in [0.2, 0.25) is 5.91 Å². The molecule has 1 amide bonds. The lowest BCUT2D eigenvalue weighted by atomic mass is 10.0. The van der Waals surface area contributed by atoms with Crippen molar-refractivity contribution in [2.24, 2.45) is 0 Å². The first kappa shape index (κ1) is 14.6. The number of halogens is 3. The standard InChI is InChI=1S/C12H19F3N2O2/c13-12(14,15)9-17-4-2-1-3-10(17)11(18)16-5-7-19-8-6-16/h10H,1-9H2/t10-/m1/s1. The fourth-order valence-electron chi connectivity index (χ4n) is 2.68. The highest BCUT2D eigenvalue weighted by atomic mass is 19.4. The first-order valence-corrected chi connectivity index (χ1v) is 6.65. The van der Waals surface area contributed by atoms with Gasteiger partial charge < -0.3 is 9.64 Å². The molecule has 2 aliphatic heterocycles. The van der Waals surface area contributed by atoms with E-state index in [1.54, 1.807) is 4.90 Å². The Bertz CT molecular complexity index is 317. The van der Waals surface area contributed by atoms with Crippen LogP contribution in [0.4, 0.5) is 13.2 Å². The van der Waals surface area contributed by atoms with Gasteiger partial charge in [0.05, 0.1) is 25.8 Å². The SMILES string of the molecule is O=C([C@H]1CCCCN1CC(F)(F)F)N1CCOCC1. The number of rotatable bonds is 2. The Balaban J connectivity index is 1.99. The second-order valence-electron chi connectivity index (χ2n) is 5.03. The van der Waals surface area contributed by atoms with E-state index in [-0.39, 0.29) is 5.91 Å². The second-order valence-corrected chi connectivity index (χ2v) is 5.03. The van der Waals surface area contributed by atoms with E-state index in [1.165, 1.54) is 4.90 Å². The summed E-state index contributed by atoms with van der Waals surface area (Å²) in [6.45, 7) is 1.26. The topological polar surface area (TPSA) is 32.8 Å². The van der Waals surface area contributed by atoms with Crippen LogP contribution in [0.15, 0.2) is 0 Å². The van der Waals surface area contributed by atoms with Gasteiger partial charge in [0, 0.05) is 13.1 Å². The largest absolute Gasteiger partial charge is 0.401 e. The maximum Gasteiger partial charge on any atom is 0.401 e. The Labute approximate surface area is 110 Å². The molecule has 0 saturated carbocycles. The molecule has 0 unspecified atom stereocenters. The minimum absolute atomic E-state index is 0.174. The van der Waals surface area contributed by atoms with Gasteiger partial charge in [0.15, 0.2) is 0 Å². The number of carbonyl (C=O) groups excluding carboxylic acids is 1. The van der Waals surface area contributed by atoms with Crippen LogP contribution in [-0.2, 0) is 9.53 Å². The normalized spacial score (nSPS) is 26.5. The molecule has 2 aliphatic rings. The molecular formula is C12H19F3N2O2. The lowest BCUT2D eigenvalue weighted by Crippen LogP contribution is -2.55. The maximum atomic E-state index is 12.5. The predicted molar refractivity (Wildman–Crippen MR) is 62.7 cm³/mol. The van der Waals surface area contributed by atoms with Crippen LogP contribution >= 0.6 is 0 Å². The summed E-state index contributed by atoms with van der Waals surface area (Å²) >= 11 is 0. The smallest absolute Gasteiger partial charge is 0.378 e. The second kappa shape index (κ2) is 6.09. The highest BCUT2D eigenvalue weighted by Crippen LogP contribution is 2.24. The number of morpholine rings is 1. The van der Waals surface area contributed by atoms with Crippen LogP contribution in [0.3, 0.4) is 0 Å². The molecule has 2 saturated heterocycles. The van der Waals surface area contributed by atoms with Gasteiger partial charge in [-0.25, -0.2) is 0 Å². The summed E-state index contributed by atoms with van der Waals surface area (Å²) in [6, 6.07) is -0.617. The van der Waals surface area contributed by atoms with Crippen LogP contribution in [0, 0.1) is 0 Å². The monoisotopic (exact) mass is 280 g/mol. The number of alkyl halides is 3. The predicted octanol–water partition coefficient (Wildman–Crippen LogP) is 1.26. The molecular weight excluding hydrogens is 261 g/mol. The summed E-state index contributed by atoms with van der Waals surface area (Å²) in [5, 5.41) is 0. The average Bonchev–Trinajstić information content (AvgIpc) is 2.38. The molecule has 2 fully saturated rings. The molecule has 0 spiro atoms. The van der Waals surface area contributed by atoms with Gasteiger partial charge in [-0.3, -0.25) is 9.69 Å². The van der Waals surface area contributed by atoms with Crippen LogP contribution < -0.4 is 0 Å². The van der Waals surface area contributed by atoms with Crippen molar-refractivity contribution in [3.63, 3.8) is 0 Å². The van der Waals surface area contributed by atoms with Gasteiger partial charge in [0.1, 0.15) is 0 Å². The summed E-state index contributed by atoms with van der Waals surface area (Å²) < 4.78 is 42.8. The number of ether oxygens (including phenoxy) is 1. The van der Waals surface area contributed by atoms with Crippen LogP contribution in [-0.4, -0.2) is 67.3 Å². The van der Waals surface area contributed by atoms with Crippen LogP contribution in [0.1, 0.15) is 19.3 Å². The maximum absolute atomic E-state index is 12.5. The van der Waals surface area contributed by atoms with E-state index in [9.17, 15) is 18.0 Å². The molecule has 1 atom stereocenters. The Morgan fingerprint density at radius 2 is 1.84 bits per heavy atom. The zero-order chi connectivity index (χ0) is 13.9. The van der Waals surface area contributed by atoms with E-state index in [2.05, 4.69) is 0 Å². The Hall–Kier alpha value is -0.820. The Morgan fingerprint density at radius 1 is 1.16 bits per heavy atom. The number of amides is 1. The molecule has 2 rings (SSSR count). The molecule has 4 nitrogen and oxygen atoms in total. The quantitative estimate of drug-likeness (QED) is 0.763. The zero-order valence-electron chi connectivity index (χ0n) is 10.8. The molecule has 19 heavy (non-hydrogen) atoms. The van der Waals surface area contributed by atoms with Gasteiger partial charge in [-0.05, 0) is 19.4 Å². The van der Waals surface area contributed by atoms with E-state index in [4.69, 9.17) is 4.74 Å². The third-order valence-corrected chi connectivity index (χ3v) is 3.60. The van der Waals surface area contributed by atoms with Crippen LogP contribution in [0.2, 0.25) is 0 Å². The van der Waals surface area contributed by atoms with Crippen molar-refractivity contribution in [1.29, 1.82) is 0 Å². The summed E-state index contributed by atoms with van der Waals surface area (Å²) in [5.41, 5.74) is 0. The number of hydrogen-bond acceptors (Lipinski definition) is 3. The van der Waals surface area contributed by atoms with Crippen molar-refractivity contribution >= 4 is 5.91 Å². The lowest BCUT2D eigenvalue weighted by molar-refractivity contribution is -0.163. The molecule has 0 N–H and O–H groups in total. The van der Waals surface area contributed by atoms with Crippen molar-refractivity contribution in [3.8, 4) is 0 Å². The minimum Gasteiger partial charge on any atom is -0.378 e. The molecule has 0 aromatic rings. The van der Waals surface area contributed by atoms with Crippen molar-refractivity contribution in [1.82, 2.24) is 9.80 Å². The number of piperidine rings is 1. The Morgan fingerprint density at radius 3 is 2.47 bits per heavy atom. The molecule has 110 valence electrons. The third kappa shape index (κ3) is 4.07. The molecule has 0 bridgehead atoms. The molecule has 0 aromatic carbocycles. The van der Waals surface area contributed by atoms with Gasteiger partial charge >= 0.3 is 6.18 Å². The molecule has 7 heteroatoms. The third-order valence-electron chi connectivity index (χ3n) is 3.60. The van der Waals surface area contributed by atoms with Crippen molar-refractivity contribution in [2.75, 3.05) is 39.4 Å². The fourth-order valence-corrected chi connectivity index (χ4v) is 2.68. The number of nitrogens with zero attached hydrogens (tertiary/aromatic N) is 2. The zero-order valence-corrected chi connectivity index (χ0v) is 10.8. The minimum atomic E-state index is -4.25. The molecule has 2 heterocycles. The van der Waals surface area contributed by atoms with Crippen molar-refractivity contribution in [2.45, 2.75) is 31.5 Å². The number of likely N-dealkylation sites (tertiary alicyclic amines) is 1. The average molecular weight is 280 g/mol. The highest BCUT2D eigenvalue weighted by Gasteiger charge is 2.39. The Kier molecular flexibility index (Phi) is 4.67. The summed E-state index contributed by atoms with van der Waals surface area (Å²) in [6.07, 6.45) is -2.19. The van der Waals surface area contributed by atoms with Gasteiger partial charge in [-0.1, -0.05) is 6.42 Å². The number of hydrogen-bond donors (Lipinski definition) is 0. The van der Waals surface area contributed by atoms with E-state index in [0.29, 0.717) is 39.3 Å². The summed E-state index contributed by atoms with van der Waals surface area (Å²) in [7, 11) is 0. The molecule has 0 aliphatic carbocycles.